The van der Waals surface area contributed by atoms with Gasteiger partial charge in [0, 0.05) is 42.2 Å². The van der Waals surface area contributed by atoms with Crippen LogP contribution >= 0.6 is 12.4 Å². The van der Waals surface area contributed by atoms with Crippen molar-refractivity contribution in [2.24, 2.45) is 0 Å². The number of piperidine rings is 1. The van der Waals surface area contributed by atoms with Crippen LogP contribution in [0.15, 0.2) is 34.0 Å². The Kier molecular flexibility index (Phi) is 6.27. The Balaban J connectivity index is 0.00000225. The van der Waals surface area contributed by atoms with Crippen LogP contribution in [-0.4, -0.2) is 34.3 Å². The number of rotatable bonds is 4. The lowest BCUT2D eigenvalue weighted by atomic mass is 9.98. The van der Waals surface area contributed by atoms with Gasteiger partial charge in [-0.25, -0.2) is 4.79 Å². The Labute approximate surface area is 153 Å². The molecular weight excluding hydrogens is 342 g/mol. The molecule has 1 fully saturated rings. The molecule has 0 atom stereocenters. The fourth-order valence-corrected chi connectivity index (χ4v) is 3.34. The van der Waals surface area contributed by atoms with Gasteiger partial charge < -0.3 is 14.6 Å². The molecule has 1 aliphatic heterocycles. The first-order valence-electron chi connectivity index (χ1n) is 8.29. The molecule has 6 heteroatoms. The summed E-state index contributed by atoms with van der Waals surface area (Å²) in [5.74, 6) is 0.169. The van der Waals surface area contributed by atoms with Crippen LogP contribution in [0.2, 0.25) is 0 Å². The summed E-state index contributed by atoms with van der Waals surface area (Å²) >= 11 is 0. The van der Waals surface area contributed by atoms with Crippen molar-refractivity contribution in [1.29, 1.82) is 0 Å². The number of likely N-dealkylation sites (tertiary alicyclic amines) is 1. The van der Waals surface area contributed by atoms with E-state index in [0.717, 1.165) is 42.4 Å². The average Bonchev–Trinajstić information content (AvgIpc) is 2.54. The van der Waals surface area contributed by atoms with Crippen molar-refractivity contribution in [3.63, 3.8) is 0 Å². The number of aliphatic hydroxyl groups excluding tert-OH is 1. The molecule has 1 aliphatic rings. The summed E-state index contributed by atoms with van der Waals surface area (Å²) < 4.78 is 5.36. The molecular formula is C19H24ClNO4. The van der Waals surface area contributed by atoms with E-state index < -0.39 is 5.63 Å². The zero-order chi connectivity index (χ0) is 17.3. The molecule has 5 nitrogen and oxygen atoms in total. The van der Waals surface area contributed by atoms with Gasteiger partial charge in [0.05, 0.1) is 6.10 Å². The normalized spacial score (nSPS) is 15.9. The lowest BCUT2D eigenvalue weighted by Gasteiger charge is -2.30. The van der Waals surface area contributed by atoms with Crippen LogP contribution in [0.3, 0.4) is 0 Å². The third kappa shape index (κ3) is 4.06. The largest absolute Gasteiger partial charge is 0.507 e. The molecule has 0 amide bonds. The zero-order valence-electron chi connectivity index (χ0n) is 14.3. The molecule has 0 radical (unpaired) electrons. The Morgan fingerprint density at radius 1 is 1.36 bits per heavy atom. The minimum Gasteiger partial charge on any atom is -0.507 e. The smallest absolute Gasteiger partial charge is 0.336 e. The van der Waals surface area contributed by atoms with Crippen LogP contribution in [0, 0.1) is 6.92 Å². The van der Waals surface area contributed by atoms with E-state index in [1.165, 1.54) is 6.07 Å². The fourth-order valence-electron chi connectivity index (χ4n) is 3.34. The minimum absolute atomic E-state index is 0. The number of halogens is 1. The van der Waals surface area contributed by atoms with Crippen LogP contribution in [0.5, 0.6) is 5.75 Å². The highest BCUT2D eigenvalue weighted by Gasteiger charge is 2.21. The van der Waals surface area contributed by atoms with Gasteiger partial charge in [0.15, 0.2) is 0 Å². The molecule has 0 spiro atoms. The zero-order valence-corrected chi connectivity index (χ0v) is 15.1. The van der Waals surface area contributed by atoms with Crippen LogP contribution in [0.4, 0.5) is 0 Å². The van der Waals surface area contributed by atoms with E-state index in [2.05, 4.69) is 11.5 Å². The maximum atomic E-state index is 11.7. The van der Waals surface area contributed by atoms with Crippen molar-refractivity contribution in [1.82, 2.24) is 4.90 Å². The molecule has 1 saturated heterocycles. The average molecular weight is 366 g/mol. The van der Waals surface area contributed by atoms with Crippen molar-refractivity contribution < 1.29 is 14.6 Å². The Morgan fingerprint density at radius 3 is 2.68 bits per heavy atom. The molecule has 3 rings (SSSR count). The standard InChI is InChI=1S/C19H23NO4.ClH/c1-3-4-15-18(23)13(11-20-7-5-14(21)6-8-20)10-16-12(2)9-17(22)24-19(15)16;/h3,9-10,14,21,23H,1,4-8,11H2,2H3;1H. The topological polar surface area (TPSA) is 73.9 Å². The van der Waals surface area contributed by atoms with Gasteiger partial charge in [-0.1, -0.05) is 6.08 Å². The highest BCUT2D eigenvalue weighted by Crippen LogP contribution is 2.34. The molecule has 136 valence electrons. The van der Waals surface area contributed by atoms with Gasteiger partial charge in [0.2, 0.25) is 0 Å². The number of aromatic hydroxyl groups is 1. The summed E-state index contributed by atoms with van der Waals surface area (Å²) in [5, 5.41) is 21.2. The first-order chi connectivity index (χ1) is 11.5. The lowest BCUT2D eigenvalue weighted by Crippen LogP contribution is -2.35. The van der Waals surface area contributed by atoms with E-state index in [-0.39, 0.29) is 24.3 Å². The van der Waals surface area contributed by atoms with Gasteiger partial charge in [-0.3, -0.25) is 4.90 Å². The first kappa shape index (κ1) is 19.5. The van der Waals surface area contributed by atoms with Crippen LogP contribution in [0.25, 0.3) is 11.0 Å². The second kappa shape index (κ2) is 8.04. The van der Waals surface area contributed by atoms with E-state index in [4.69, 9.17) is 4.42 Å². The molecule has 25 heavy (non-hydrogen) atoms. The predicted octanol–water partition coefficient (Wildman–Crippen LogP) is 2.91. The van der Waals surface area contributed by atoms with Crippen molar-refractivity contribution >= 4 is 23.4 Å². The van der Waals surface area contributed by atoms with Gasteiger partial charge in [-0.2, -0.15) is 0 Å². The molecule has 2 heterocycles. The van der Waals surface area contributed by atoms with E-state index >= 15 is 0 Å². The second-order valence-corrected chi connectivity index (χ2v) is 6.49. The molecule has 2 N–H and O–H groups in total. The first-order valence-corrected chi connectivity index (χ1v) is 8.29. The molecule has 0 aliphatic carbocycles. The third-order valence-electron chi connectivity index (χ3n) is 4.69. The minimum atomic E-state index is -0.414. The van der Waals surface area contributed by atoms with E-state index in [1.807, 2.05) is 13.0 Å². The monoisotopic (exact) mass is 365 g/mol. The summed E-state index contributed by atoms with van der Waals surface area (Å²) in [7, 11) is 0. The predicted molar refractivity (Wildman–Crippen MR) is 101 cm³/mol. The van der Waals surface area contributed by atoms with Crippen LogP contribution < -0.4 is 5.63 Å². The van der Waals surface area contributed by atoms with Crippen LogP contribution in [0.1, 0.15) is 29.5 Å². The summed E-state index contributed by atoms with van der Waals surface area (Å²) in [6, 6.07) is 3.37. The number of nitrogens with zero attached hydrogens (tertiary/aromatic N) is 1. The van der Waals surface area contributed by atoms with Crippen molar-refractivity contribution in [3.05, 3.63) is 51.9 Å². The van der Waals surface area contributed by atoms with Gasteiger partial charge >= 0.3 is 5.63 Å². The second-order valence-electron chi connectivity index (χ2n) is 6.49. The Bertz CT molecular complexity index is 822. The number of allylic oxidation sites excluding steroid dienone is 1. The highest BCUT2D eigenvalue weighted by molar-refractivity contribution is 5.86. The summed E-state index contributed by atoms with van der Waals surface area (Å²) in [6.45, 7) is 7.82. The molecule has 1 aromatic heterocycles. The van der Waals surface area contributed by atoms with Gasteiger partial charge in [-0.05, 0) is 37.8 Å². The number of aryl methyl sites for hydroxylation is 1. The number of aliphatic hydroxyl groups is 1. The number of phenolic OH excluding ortho intramolecular Hbond substituents is 1. The molecule has 0 saturated carbocycles. The quantitative estimate of drug-likeness (QED) is 0.643. The molecule has 0 bridgehead atoms. The van der Waals surface area contributed by atoms with Gasteiger partial charge in [0.1, 0.15) is 11.3 Å². The fraction of sp³-hybridized carbons (Fsp3) is 0.421. The van der Waals surface area contributed by atoms with Gasteiger partial charge in [0.25, 0.3) is 0 Å². The van der Waals surface area contributed by atoms with E-state index in [9.17, 15) is 15.0 Å². The maximum absolute atomic E-state index is 11.7. The lowest BCUT2D eigenvalue weighted by molar-refractivity contribution is 0.0789. The summed E-state index contributed by atoms with van der Waals surface area (Å²) in [4.78, 5) is 13.9. The summed E-state index contributed by atoms with van der Waals surface area (Å²) in [6.07, 6.45) is 3.40. The number of phenols is 1. The van der Waals surface area contributed by atoms with Gasteiger partial charge in [-0.15, -0.1) is 19.0 Å². The maximum Gasteiger partial charge on any atom is 0.336 e. The number of fused-ring (bicyclic) bond motifs is 1. The molecule has 1 aromatic carbocycles. The van der Waals surface area contributed by atoms with E-state index in [1.54, 1.807) is 6.08 Å². The Morgan fingerprint density at radius 2 is 2.04 bits per heavy atom. The number of hydrogen-bond acceptors (Lipinski definition) is 5. The van der Waals surface area contributed by atoms with E-state index in [0.29, 0.717) is 24.1 Å². The SMILES string of the molecule is C=CCc1c(O)c(CN2CCC(O)CC2)cc2c(C)cc(=O)oc12.Cl. The van der Waals surface area contributed by atoms with Crippen molar-refractivity contribution in [2.45, 2.75) is 38.8 Å². The summed E-state index contributed by atoms with van der Waals surface area (Å²) in [5.41, 5.74) is 2.28. The Hall–Kier alpha value is -1.82. The number of benzene rings is 1. The highest BCUT2D eigenvalue weighted by atomic mass is 35.5. The molecule has 2 aromatic rings. The third-order valence-corrected chi connectivity index (χ3v) is 4.69. The van der Waals surface area contributed by atoms with Crippen LogP contribution in [-0.2, 0) is 13.0 Å². The number of hydrogen-bond donors (Lipinski definition) is 2. The van der Waals surface area contributed by atoms with Crippen molar-refractivity contribution in [3.8, 4) is 5.75 Å². The van der Waals surface area contributed by atoms with Crippen molar-refractivity contribution in [2.75, 3.05) is 13.1 Å². The molecule has 0 unspecified atom stereocenters.